The van der Waals surface area contributed by atoms with Crippen LogP contribution in [-0.4, -0.2) is 24.0 Å². The minimum atomic E-state index is -0.0217. The van der Waals surface area contributed by atoms with Crippen molar-refractivity contribution >= 4 is 42.3 Å². The first-order chi connectivity index (χ1) is 10.6. The third kappa shape index (κ3) is 7.09. The Morgan fingerprint density at radius 2 is 2.00 bits per heavy atom. The molecule has 0 aliphatic carbocycles. The van der Waals surface area contributed by atoms with Crippen molar-refractivity contribution in [2.24, 2.45) is 11.7 Å². The molecule has 0 aliphatic heterocycles. The first-order valence-corrected chi connectivity index (χ1v) is 7.63. The van der Waals surface area contributed by atoms with Gasteiger partial charge in [-0.2, -0.15) is 0 Å². The number of benzene rings is 1. The molecule has 0 fully saturated rings. The summed E-state index contributed by atoms with van der Waals surface area (Å²) in [6.07, 6.45) is 2.47. The quantitative estimate of drug-likeness (QED) is 0.753. The van der Waals surface area contributed by atoms with E-state index < -0.39 is 0 Å². The number of nitrogens with two attached hydrogens (primary N) is 1. The molecule has 0 saturated heterocycles. The van der Waals surface area contributed by atoms with E-state index in [9.17, 15) is 4.79 Å². The molecule has 0 radical (unpaired) electrons. The normalized spacial score (nSPS) is 11.1. The maximum absolute atomic E-state index is 11.7. The molecule has 3 N–H and O–H groups in total. The Balaban J connectivity index is 0.00000264. The maximum atomic E-state index is 11.7. The average Bonchev–Trinajstić information content (AvgIpc) is 3.00. The number of aromatic nitrogens is 1. The monoisotopic (exact) mass is 393 g/mol. The van der Waals surface area contributed by atoms with Crippen LogP contribution in [0.4, 0.5) is 0 Å². The zero-order valence-electron chi connectivity index (χ0n) is 13.3. The van der Waals surface area contributed by atoms with Gasteiger partial charge < -0.3 is 15.5 Å². The van der Waals surface area contributed by atoms with Gasteiger partial charge in [0.2, 0.25) is 5.91 Å². The van der Waals surface area contributed by atoms with E-state index >= 15 is 0 Å². The lowest BCUT2D eigenvalue weighted by atomic mass is 10.2. The lowest BCUT2D eigenvalue weighted by Gasteiger charge is -2.09. The van der Waals surface area contributed by atoms with Crippen LogP contribution in [-0.2, 0) is 11.2 Å². The van der Waals surface area contributed by atoms with Gasteiger partial charge in [-0.15, -0.1) is 24.8 Å². The second-order valence-electron chi connectivity index (χ2n) is 5.27. The number of carbonyl (C=O) groups excluding carboxylic acids is 1. The van der Waals surface area contributed by atoms with Gasteiger partial charge in [-0.3, -0.25) is 4.79 Å². The van der Waals surface area contributed by atoms with E-state index in [4.69, 9.17) is 21.8 Å². The van der Waals surface area contributed by atoms with Gasteiger partial charge in [-0.1, -0.05) is 18.5 Å². The Bertz CT molecular complexity index is 617. The van der Waals surface area contributed by atoms with E-state index in [1.54, 1.807) is 18.3 Å². The first kappa shape index (κ1) is 22.7. The first-order valence-electron chi connectivity index (χ1n) is 7.26. The van der Waals surface area contributed by atoms with Gasteiger partial charge in [-0.05, 0) is 36.7 Å². The molecule has 2 rings (SSSR count). The number of hydrogen-bond acceptors (Lipinski definition) is 4. The van der Waals surface area contributed by atoms with Crippen molar-refractivity contribution in [3.8, 4) is 11.3 Å². The van der Waals surface area contributed by atoms with Crippen molar-refractivity contribution in [3.63, 3.8) is 0 Å². The predicted octanol–water partition coefficient (Wildman–Crippen LogP) is 3.48. The number of halogens is 3. The molecule has 1 unspecified atom stereocenters. The molecule has 2 aromatic rings. The minimum absolute atomic E-state index is 0. The van der Waals surface area contributed by atoms with E-state index in [1.807, 2.05) is 19.1 Å². The van der Waals surface area contributed by atoms with Crippen LogP contribution in [0, 0.1) is 5.92 Å². The lowest BCUT2D eigenvalue weighted by Crippen LogP contribution is -2.31. The molecule has 0 spiro atoms. The molecule has 1 heterocycles. The zero-order chi connectivity index (χ0) is 15.9. The van der Waals surface area contributed by atoms with E-state index in [0.717, 1.165) is 5.56 Å². The number of carbonyl (C=O) groups is 1. The standard InChI is InChI=1S/C16H20ClN3O2.2ClH/c1-11(8-18)9-19-15(21)6-7-16-20-10-14(22-16)12-2-4-13(17)5-3-12;;/h2-5,10-11H,6-9,18H2,1H3,(H,19,21);2*1H. The van der Waals surface area contributed by atoms with Gasteiger partial charge in [0.25, 0.3) is 0 Å². The highest BCUT2D eigenvalue weighted by atomic mass is 35.5. The van der Waals surface area contributed by atoms with Crippen LogP contribution in [0.5, 0.6) is 0 Å². The Morgan fingerprint density at radius 1 is 1.33 bits per heavy atom. The Hall–Kier alpha value is -1.27. The molecule has 1 aromatic carbocycles. The van der Waals surface area contributed by atoms with Crippen molar-refractivity contribution in [1.29, 1.82) is 0 Å². The molecular formula is C16H22Cl3N3O2. The number of nitrogens with one attached hydrogen (secondary N) is 1. The van der Waals surface area contributed by atoms with Gasteiger partial charge in [0.15, 0.2) is 11.7 Å². The summed E-state index contributed by atoms with van der Waals surface area (Å²) in [5.41, 5.74) is 6.41. The van der Waals surface area contributed by atoms with Crippen LogP contribution in [0.3, 0.4) is 0 Å². The van der Waals surface area contributed by atoms with Crippen LogP contribution in [0.1, 0.15) is 19.2 Å². The SMILES string of the molecule is CC(CN)CNC(=O)CCc1ncc(-c2ccc(Cl)cc2)o1.Cl.Cl. The van der Waals surface area contributed by atoms with Gasteiger partial charge in [0, 0.05) is 30.0 Å². The molecule has 5 nitrogen and oxygen atoms in total. The smallest absolute Gasteiger partial charge is 0.220 e. The second kappa shape index (κ2) is 11.3. The van der Waals surface area contributed by atoms with Crippen LogP contribution in [0.2, 0.25) is 5.02 Å². The van der Waals surface area contributed by atoms with Crippen molar-refractivity contribution in [3.05, 3.63) is 41.4 Å². The van der Waals surface area contributed by atoms with Gasteiger partial charge in [-0.25, -0.2) is 4.98 Å². The summed E-state index contributed by atoms with van der Waals surface area (Å²) >= 11 is 5.85. The van der Waals surface area contributed by atoms with E-state index in [0.29, 0.717) is 42.6 Å². The molecule has 0 aliphatic rings. The maximum Gasteiger partial charge on any atom is 0.220 e. The highest BCUT2D eigenvalue weighted by Gasteiger charge is 2.09. The van der Waals surface area contributed by atoms with Crippen molar-refractivity contribution in [1.82, 2.24) is 10.3 Å². The molecule has 134 valence electrons. The molecule has 1 amide bonds. The second-order valence-corrected chi connectivity index (χ2v) is 5.71. The Labute approximate surface area is 159 Å². The number of aryl methyl sites for hydroxylation is 1. The van der Waals surface area contributed by atoms with Gasteiger partial charge in [0.05, 0.1) is 6.20 Å². The summed E-state index contributed by atoms with van der Waals surface area (Å²) in [5, 5.41) is 3.52. The molecule has 1 atom stereocenters. The number of hydrogen-bond donors (Lipinski definition) is 2. The topological polar surface area (TPSA) is 81.1 Å². The van der Waals surface area contributed by atoms with E-state index in [2.05, 4.69) is 10.3 Å². The van der Waals surface area contributed by atoms with Crippen LogP contribution < -0.4 is 11.1 Å². The molecule has 24 heavy (non-hydrogen) atoms. The largest absolute Gasteiger partial charge is 0.441 e. The predicted molar refractivity (Wildman–Crippen MR) is 101 cm³/mol. The van der Waals surface area contributed by atoms with Crippen LogP contribution in [0.25, 0.3) is 11.3 Å². The summed E-state index contributed by atoms with van der Waals surface area (Å²) in [6, 6.07) is 7.33. The Morgan fingerprint density at radius 3 is 2.62 bits per heavy atom. The number of rotatable bonds is 7. The van der Waals surface area contributed by atoms with E-state index in [1.165, 1.54) is 0 Å². The van der Waals surface area contributed by atoms with Crippen LogP contribution in [0.15, 0.2) is 34.9 Å². The average molecular weight is 395 g/mol. The third-order valence-corrected chi connectivity index (χ3v) is 3.55. The van der Waals surface area contributed by atoms with Crippen molar-refractivity contribution in [2.75, 3.05) is 13.1 Å². The van der Waals surface area contributed by atoms with Crippen molar-refractivity contribution in [2.45, 2.75) is 19.8 Å². The summed E-state index contributed by atoms with van der Waals surface area (Å²) < 4.78 is 5.65. The molecule has 1 aromatic heterocycles. The fourth-order valence-electron chi connectivity index (χ4n) is 1.85. The molecular weight excluding hydrogens is 373 g/mol. The number of amides is 1. The fraction of sp³-hybridized carbons (Fsp3) is 0.375. The summed E-state index contributed by atoms with van der Waals surface area (Å²) in [7, 11) is 0. The molecule has 8 heteroatoms. The van der Waals surface area contributed by atoms with Crippen LogP contribution >= 0.6 is 36.4 Å². The lowest BCUT2D eigenvalue weighted by molar-refractivity contribution is -0.121. The van der Waals surface area contributed by atoms with E-state index in [-0.39, 0.29) is 36.6 Å². The molecule has 0 bridgehead atoms. The number of oxazole rings is 1. The van der Waals surface area contributed by atoms with Crippen molar-refractivity contribution < 1.29 is 9.21 Å². The number of nitrogens with zero attached hydrogens (tertiary/aromatic N) is 1. The highest BCUT2D eigenvalue weighted by Crippen LogP contribution is 2.22. The highest BCUT2D eigenvalue weighted by molar-refractivity contribution is 6.30. The Kier molecular flexibility index (Phi) is 10.7. The summed E-state index contributed by atoms with van der Waals surface area (Å²) in [6.45, 7) is 3.15. The summed E-state index contributed by atoms with van der Waals surface area (Å²) in [4.78, 5) is 15.9. The fourth-order valence-corrected chi connectivity index (χ4v) is 1.98. The van der Waals surface area contributed by atoms with Gasteiger partial charge in [0.1, 0.15) is 0 Å². The third-order valence-electron chi connectivity index (χ3n) is 3.30. The molecule has 0 saturated carbocycles. The minimum Gasteiger partial charge on any atom is -0.441 e. The zero-order valence-corrected chi connectivity index (χ0v) is 15.7. The summed E-state index contributed by atoms with van der Waals surface area (Å²) in [5.74, 6) is 1.48. The van der Waals surface area contributed by atoms with Gasteiger partial charge >= 0.3 is 0 Å².